The number of hydrogen-bond acceptors (Lipinski definition) is 3. The molecule has 2 aromatic rings. The van der Waals surface area contributed by atoms with E-state index in [4.69, 9.17) is 4.74 Å². The van der Waals surface area contributed by atoms with Crippen LogP contribution in [-0.4, -0.2) is 18.0 Å². The van der Waals surface area contributed by atoms with Crippen molar-refractivity contribution in [2.24, 2.45) is 0 Å². The number of aromatic nitrogens is 1. The monoisotopic (exact) mass is 364 g/mol. The van der Waals surface area contributed by atoms with Crippen LogP contribution in [-0.2, 0) is 6.54 Å². The summed E-state index contributed by atoms with van der Waals surface area (Å²) < 4.78 is 5.83. The van der Waals surface area contributed by atoms with Crippen molar-refractivity contribution in [2.75, 3.05) is 7.11 Å². The molecule has 0 unspecified atom stereocenters. The van der Waals surface area contributed by atoms with Crippen LogP contribution < -0.4 is 15.6 Å². The van der Waals surface area contributed by atoms with Crippen LogP contribution in [0, 0.1) is 13.8 Å². The number of carbonyl (C=O) groups excluding carboxylic acids is 1. The van der Waals surface area contributed by atoms with E-state index in [0.717, 1.165) is 11.3 Å². The van der Waals surface area contributed by atoms with E-state index < -0.39 is 0 Å². The Balaban J connectivity index is 2.14. The van der Waals surface area contributed by atoms with Crippen LogP contribution in [0.5, 0.6) is 5.75 Å². The summed E-state index contributed by atoms with van der Waals surface area (Å²) in [6.45, 7) is 3.86. The van der Waals surface area contributed by atoms with Gasteiger partial charge in [0.1, 0.15) is 5.75 Å². The Morgan fingerprint density at radius 1 is 1.32 bits per heavy atom. The Morgan fingerprint density at radius 2 is 2.05 bits per heavy atom. The fraction of sp³-hybridized carbons (Fsp3) is 0.250. The Morgan fingerprint density at radius 3 is 2.64 bits per heavy atom. The first-order valence-electron chi connectivity index (χ1n) is 6.73. The van der Waals surface area contributed by atoms with Crippen molar-refractivity contribution >= 4 is 21.8 Å². The summed E-state index contributed by atoms with van der Waals surface area (Å²) >= 11 is 3.34. The fourth-order valence-electron chi connectivity index (χ4n) is 2.18. The molecule has 0 fully saturated rings. The van der Waals surface area contributed by atoms with Gasteiger partial charge in [-0.15, -0.1) is 0 Å². The predicted molar refractivity (Wildman–Crippen MR) is 88.4 cm³/mol. The van der Waals surface area contributed by atoms with E-state index in [-0.39, 0.29) is 18.0 Å². The maximum atomic E-state index is 12.2. The number of methoxy groups -OCH3 is 1. The van der Waals surface area contributed by atoms with E-state index in [1.807, 2.05) is 19.9 Å². The van der Waals surface area contributed by atoms with E-state index in [0.29, 0.717) is 21.3 Å². The summed E-state index contributed by atoms with van der Waals surface area (Å²) in [5.74, 6) is 0.408. The number of nitrogens with one attached hydrogen (secondary N) is 2. The number of halogens is 1. The van der Waals surface area contributed by atoms with Gasteiger partial charge < -0.3 is 15.0 Å². The molecule has 0 bridgehead atoms. The normalized spacial score (nSPS) is 10.4. The summed E-state index contributed by atoms with van der Waals surface area (Å²) in [4.78, 5) is 26.8. The minimum atomic E-state index is -0.247. The average Bonchev–Trinajstić information content (AvgIpc) is 2.45. The molecule has 22 heavy (non-hydrogen) atoms. The van der Waals surface area contributed by atoms with Gasteiger partial charge in [-0.1, -0.05) is 0 Å². The lowest BCUT2D eigenvalue weighted by molar-refractivity contribution is 0.0950. The number of amides is 1. The van der Waals surface area contributed by atoms with Gasteiger partial charge >= 0.3 is 0 Å². The summed E-state index contributed by atoms with van der Waals surface area (Å²) in [6.07, 6.45) is 0. The number of benzene rings is 1. The molecule has 1 aromatic heterocycles. The molecule has 0 aliphatic rings. The summed E-state index contributed by atoms with van der Waals surface area (Å²) in [6, 6.07) is 6.95. The second kappa shape index (κ2) is 6.79. The van der Waals surface area contributed by atoms with Gasteiger partial charge in [0.15, 0.2) is 0 Å². The van der Waals surface area contributed by atoms with Crippen LogP contribution in [0.4, 0.5) is 0 Å². The topological polar surface area (TPSA) is 71.2 Å². The van der Waals surface area contributed by atoms with Gasteiger partial charge in [-0.05, 0) is 59.6 Å². The van der Waals surface area contributed by atoms with E-state index in [9.17, 15) is 9.59 Å². The second-order valence-electron chi connectivity index (χ2n) is 4.98. The fourth-order valence-corrected chi connectivity index (χ4v) is 2.72. The lowest BCUT2D eigenvalue weighted by Gasteiger charge is -2.09. The molecule has 116 valence electrons. The molecule has 6 heteroatoms. The maximum absolute atomic E-state index is 12.2. The Labute approximate surface area is 136 Å². The van der Waals surface area contributed by atoms with Gasteiger partial charge in [-0.3, -0.25) is 9.59 Å². The molecule has 1 aromatic carbocycles. The highest BCUT2D eigenvalue weighted by Gasteiger charge is 2.11. The predicted octanol–water partition coefficient (Wildman–Crippen LogP) is 2.69. The van der Waals surface area contributed by atoms with E-state index >= 15 is 0 Å². The maximum Gasteiger partial charge on any atom is 0.253 e. The molecule has 2 N–H and O–H groups in total. The van der Waals surface area contributed by atoms with Gasteiger partial charge in [0.25, 0.3) is 11.5 Å². The van der Waals surface area contributed by atoms with Gasteiger partial charge in [-0.2, -0.15) is 0 Å². The first-order chi connectivity index (χ1) is 10.4. The first-order valence-corrected chi connectivity index (χ1v) is 7.53. The largest absolute Gasteiger partial charge is 0.496 e. The van der Waals surface area contributed by atoms with Gasteiger partial charge in [0, 0.05) is 23.4 Å². The van der Waals surface area contributed by atoms with Crippen LogP contribution in [0.3, 0.4) is 0 Å². The summed E-state index contributed by atoms with van der Waals surface area (Å²) in [7, 11) is 1.56. The number of hydrogen-bond donors (Lipinski definition) is 2. The smallest absolute Gasteiger partial charge is 0.253 e. The molecule has 0 atom stereocenters. The highest BCUT2D eigenvalue weighted by atomic mass is 79.9. The first kappa shape index (κ1) is 16.3. The van der Waals surface area contributed by atoms with Crippen LogP contribution in [0.15, 0.2) is 33.5 Å². The zero-order chi connectivity index (χ0) is 16.3. The highest BCUT2D eigenvalue weighted by Crippen LogP contribution is 2.25. The van der Waals surface area contributed by atoms with Crippen molar-refractivity contribution in [1.82, 2.24) is 10.3 Å². The number of ether oxygens (including phenoxy) is 1. The molecule has 2 rings (SSSR count). The molecule has 0 saturated heterocycles. The Bertz CT molecular complexity index is 768. The molecule has 0 aliphatic heterocycles. The van der Waals surface area contributed by atoms with Crippen LogP contribution >= 0.6 is 15.9 Å². The molecular formula is C16H17BrN2O3. The van der Waals surface area contributed by atoms with Crippen molar-refractivity contribution in [3.8, 4) is 5.75 Å². The molecule has 0 saturated carbocycles. The minimum Gasteiger partial charge on any atom is -0.496 e. The van der Waals surface area contributed by atoms with Gasteiger partial charge in [0.05, 0.1) is 11.6 Å². The Kier molecular flexibility index (Phi) is 5.03. The third-order valence-corrected chi connectivity index (χ3v) is 3.95. The zero-order valence-electron chi connectivity index (χ0n) is 12.6. The van der Waals surface area contributed by atoms with E-state index in [1.54, 1.807) is 25.3 Å². The molecule has 5 nitrogen and oxygen atoms in total. The van der Waals surface area contributed by atoms with Crippen LogP contribution in [0.2, 0.25) is 0 Å². The highest BCUT2D eigenvalue weighted by molar-refractivity contribution is 9.10. The van der Waals surface area contributed by atoms with Crippen LogP contribution in [0.25, 0.3) is 0 Å². The van der Waals surface area contributed by atoms with Crippen molar-refractivity contribution in [3.63, 3.8) is 0 Å². The lowest BCUT2D eigenvalue weighted by atomic mass is 10.1. The number of H-pyrrole nitrogens is 1. The second-order valence-corrected chi connectivity index (χ2v) is 5.83. The Hall–Kier alpha value is -2.08. The average molecular weight is 365 g/mol. The molecule has 0 aliphatic carbocycles. The van der Waals surface area contributed by atoms with Crippen molar-refractivity contribution in [1.29, 1.82) is 0 Å². The number of aryl methyl sites for hydroxylation is 2. The van der Waals surface area contributed by atoms with Crippen molar-refractivity contribution in [3.05, 3.63) is 61.5 Å². The summed E-state index contributed by atoms with van der Waals surface area (Å²) in [5, 5.41) is 2.76. The number of aromatic amines is 1. The molecule has 1 heterocycles. The number of carbonyl (C=O) groups is 1. The SMILES string of the molecule is COc1ccc(C(=O)NCc2c(C)cc(C)[nH]c2=O)cc1Br. The van der Waals surface area contributed by atoms with E-state index in [2.05, 4.69) is 26.2 Å². The molecular weight excluding hydrogens is 348 g/mol. The molecule has 0 spiro atoms. The number of rotatable bonds is 4. The van der Waals surface area contributed by atoms with Gasteiger partial charge in [-0.25, -0.2) is 0 Å². The van der Waals surface area contributed by atoms with E-state index in [1.165, 1.54) is 0 Å². The van der Waals surface area contributed by atoms with Crippen LogP contribution in [0.1, 0.15) is 27.2 Å². The van der Waals surface area contributed by atoms with Gasteiger partial charge in [0.2, 0.25) is 0 Å². The quantitative estimate of drug-likeness (QED) is 0.875. The third kappa shape index (κ3) is 3.57. The zero-order valence-corrected chi connectivity index (χ0v) is 14.2. The van der Waals surface area contributed by atoms with Crippen molar-refractivity contribution in [2.45, 2.75) is 20.4 Å². The minimum absolute atomic E-state index is 0.172. The standard InChI is InChI=1S/C16H17BrN2O3/c1-9-6-10(2)19-16(21)12(9)8-18-15(20)11-4-5-14(22-3)13(17)7-11/h4-7H,8H2,1-3H3,(H,18,20)(H,19,21). The number of pyridine rings is 1. The third-order valence-electron chi connectivity index (χ3n) is 3.33. The summed E-state index contributed by atoms with van der Waals surface area (Å²) in [5.41, 5.74) is 2.54. The molecule has 1 amide bonds. The molecule has 0 radical (unpaired) electrons. The van der Waals surface area contributed by atoms with Crippen molar-refractivity contribution < 1.29 is 9.53 Å². The lowest BCUT2D eigenvalue weighted by Crippen LogP contribution is -2.27.